The smallest absolute Gasteiger partial charge is 0.268 e. The van der Waals surface area contributed by atoms with Crippen molar-refractivity contribution in [2.24, 2.45) is 0 Å². The maximum Gasteiger partial charge on any atom is 0.268 e. The number of aliphatic hydroxyl groups is 1. The standard InChI is InChI=1S/C27H31NO6S/c1-33-17-18-34-26-19-23(15-16-24(26)27(30)28-35(2,31)32)21-13-11-20(12-14-21)7-6-10-25(29)22-8-4-3-5-9-22/h3-5,8-9,11-16,19,25,29H,6-7,10,17-18H2,1-2H3,(H,28,30)/t25-/m1/s1. The molecule has 1 amide bonds. The maximum atomic E-state index is 12.4. The van der Waals surface area contributed by atoms with Crippen LogP contribution in [-0.4, -0.2) is 46.0 Å². The van der Waals surface area contributed by atoms with E-state index in [0.29, 0.717) is 13.0 Å². The number of aliphatic hydroxyl groups excluding tert-OH is 1. The molecule has 0 saturated heterocycles. The Labute approximate surface area is 206 Å². The van der Waals surface area contributed by atoms with E-state index in [0.717, 1.165) is 41.4 Å². The topological polar surface area (TPSA) is 102 Å². The first-order valence-corrected chi connectivity index (χ1v) is 13.3. The van der Waals surface area contributed by atoms with Gasteiger partial charge in [-0.05, 0) is 53.6 Å². The molecule has 3 rings (SSSR count). The highest BCUT2D eigenvalue weighted by Gasteiger charge is 2.17. The average molecular weight is 498 g/mol. The first-order chi connectivity index (χ1) is 16.8. The summed E-state index contributed by atoms with van der Waals surface area (Å²) in [6, 6.07) is 22.8. The van der Waals surface area contributed by atoms with Crippen LogP contribution in [0, 0.1) is 0 Å². The SMILES string of the molecule is COCCOc1cc(-c2ccc(CCC[C@@H](O)c3ccccc3)cc2)ccc1C(=O)NS(C)(=O)=O. The molecule has 0 aromatic heterocycles. The number of aryl methyl sites for hydroxylation is 1. The third-order valence-electron chi connectivity index (χ3n) is 5.46. The van der Waals surface area contributed by atoms with Gasteiger partial charge in [-0.15, -0.1) is 0 Å². The Morgan fingerprint density at radius 3 is 2.31 bits per heavy atom. The van der Waals surface area contributed by atoms with E-state index in [9.17, 15) is 18.3 Å². The quantitative estimate of drug-likeness (QED) is 0.365. The third-order valence-corrected chi connectivity index (χ3v) is 6.02. The van der Waals surface area contributed by atoms with E-state index < -0.39 is 22.0 Å². The van der Waals surface area contributed by atoms with Crippen molar-refractivity contribution >= 4 is 15.9 Å². The number of rotatable bonds is 12. The molecule has 3 aromatic rings. The van der Waals surface area contributed by atoms with E-state index >= 15 is 0 Å². The van der Waals surface area contributed by atoms with Crippen LogP contribution in [0.3, 0.4) is 0 Å². The molecule has 0 radical (unpaired) electrons. The van der Waals surface area contributed by atoms with Crippen LogP contribution in [0.25, 0.3) is 11.1 Å². The van der Waals surface area contributed by atoms with Crippen molar-refractivity contribution in [2.45, 2.75) is 25.4 Å². The molecule has 0 fully saturated rings. The summed E-state index contributed by atoms with van der Waals surface area (Å²) in [5, 5.41) is 10.3. The summed E-state index contributed by atoms with van der Waals surface area (Å²) in [6.45, 7) is 0.540. The molecule has 186 valence electrons. The van der Waals surface area contributed by atoms with Crippen LogP contribution >= 0.6 is 0 Å². The van der Waals surface area contributed by atoms with Crippen LogP contribution < -0.4 is 9.46 Å². The van der Waals surface area contributed by atoms with Crippen LogP contribution in [0.4, 0.5) is 0 Å². The first kappa shape index (κ1) is 26.4. The van der Waals surface area contributed by atoms with Crippen molar-refractivity contribution in [3.05, 3.63) is 89.5 Å². The minimum Gasteiger partial charge on any atom is -0.490 e. The van der Waals surface area contributed by atoms with Gasteiger partial charge in [-0.2, -0.15) is 0 Å². The van der Waals surface area contributed by atoms with Gasteiger partial charge in [0.15, 0.2) is 0 Å². The van der Waals surface area contributed by atoms with Gasteiger partial charge in [-0.3, -0.25) is 4.79 Å². The number of nitrogens with one attached hydrogen (secondary N) is 1. The Bertz CT molecular complexity index is 1210. The van der Waals surface area contributed by atoms with Gasteiger partial charge in [-0.25, -0.2) is 13.1 Å². The van der Waals surface area contributed by atoms with Gasteiger partial charge in [0.2, 0.25) is 10.0 Å². The Balaban J connectivity index is 1.69. The summed E-state index contributed by atoms with van der Waals surface area (Å²) in [7, 11) is -2.16. The van der Waals surface area contributed by atoms with Gasteiger partial charge >= 0.3 is 0 Å². The van der Waals surface area contributed by atoms with Crippen LogP contribution in [0.2, 0.25) is 0 Å². The fourth-order valence-electron chi connectivity index (χ4n) is 3.67. The summed E-state index contributed by atoms with van der Waals surface area (Å²) in [4.78, 5) is 12.4. The van der Waals surface area contributed by atoms with E-state index in [1.54, 1.807) is 25.3 Å². The van der Waals surface area contributed by atoms with Crippen molar-refractivity contribution in [1.29, 1.82) is 0 Å². The van der Waals surface area contributed by atoms with Crippen LogP contribution in [0.5, 0.6) is 5.75 Å². The van der Waals surface area contributed by atoms with E-state index in [4.69, 9.17) is 9.47 Å². The minimum absolute atomic E-state index is 0.129. The second kappa shape index (κ2) is 12.5. The predicted octanol–water partition coefficient (Wildman–Crippen LogP) is 4.12. The third kappa shape index (κ3) is 8.20. The number of hydrogen-bond acceptors (Lipinski definition) is 6. The molecule has 8 heteroatoms. The number of carbonyl (C=O) groups excluding carboxylic acids is 1. The highest BCUT2D eigenvalue weighted by Crippen LogP contribution is 2.28. The van der Waals surface area contributed by atoms with E-state index in [1.807, 2.05) is 59.3 Å². The Morgan fingerprint density at radius 2 is 1.66 bits per heavy atom. The zero-order valence-corrected chi connectivity index (χ0v) is 20.8. The minimum atomic E-state index is -3.71. The molecule has 2 N–H and O–H groups in total. The summed E-state index contributed by atoms with van der Waals surface area (Å²) < 4.78 is 35.7. The van der Waals surface area contributed by atoms with Gasteiger partial charge in [0.1, 0.15) is 12.4 Å². The number of hydrogen-bond donors (Lipinski definition) is 2. The van der Waals surface area contributed by atoms with Gasteiger partial charge in [-0.1, -0.05) is 60.7 Å². The zero-order valence-electron chi connectivity index (χ0n) is 19.9. The summed E-state index contributed by atoms with van der Waals surface area (Å²) in [6.07, 6.45) is 2.85. The lowest BCUT2D eigenvalue weighted by atomic mass is 9.98. The molecule has 7 nitrogen and oxygen atoms in total. The number of benzene rings is 3. The molecule has 0 spiro atoms. The summed E-state index contributed by atoms with van der Waals surface area (Å²) in [5.74, 6) is -0.473. The molecular formula is C27H31NO6S. The van der Waals surface area contributed by atoms with E-state index in [2.05, 4.69) is 0 Å². The molecule has 0 aliphatic carbocycles. The van der Waals surface area contributed by atoms with Crippen LogP contribution in [-0.2, 0) is 21.2 Å². The lowest BCUT2D eigenvalue weighted by molar-refractivity contribution is 0.0973. The molecular weight excluding hydrogens is 466 g/mol. The predicted molar refractivity (Wildman–Crippen MR) is 136 cm³/mol. The largest absolute Gasteiger partial charge is 0.490 e. The highest BCUT2D eigenvalue weighted by molar-refractivity contribution is 7.89. The van der Waals surface area contributed by atoms with Gasteiger partial charge in [0.25, 0.3) is 5.91 Å². The summed E-state index contributed by atoms with van der Waals surface area (Å²) >= 11 is 0. The second-order valence-corrected chi connectivity index (χ2v) is 10.0. The molecule has 1 atom stereocenters. The zero-order chi connectivity index (χ0) is 25.3. The fraction of sp³-hybridized carbons (Fsp3) is 0.296. The molecule has 35 heavy (non-hydrogen) atoms. The Kier molecular flexibility index (Phi) is 9.42. The normalized spacial score (nSPS) is 12.2. The molecule has 3 aromatic carbocycles. The molecule has 0 saturated carbocycles. The average Bonchev–Trinajstić information content (AvgIpc) is 2.84. The number of carbonyl (C=O) groups is 1. The van der Waals surface area contributed by atoms with Crippen molar-refractivity contribution < 1.29 is 27.8 Å². The van der Waals surface area contributed by atoms with Crippen molar-refractivity contribution in [2.75, 3.05) is 26.6 Å². The molecule has 0 aliphatic rings. The van der Waals surface area contributed by atoms with Gasteiger partial charge < -0.3 is 14.6 Å². The highest BCUT2D eigenvalue weighted by atomic mass is 32.2. The molecule has 0 bridgehead atoms. The number of ether oxygens (including phenoxy) is 2. The van der Waals surface area contributed by atoms with Crippen molar-refractivity contribution in [3.63, 3.8) is 0 Å². The number of sulfonamides is 1. The number of amides is 1. The molecule has 0 unspecified atom stereocenters. The first-order valence-electron chi connectivity index (χ1n) is 11.4. The Hall–Kier alpha value is -3.20. The van der Waals surface area contributed by atoms with Gasteiger partial charge in [0, 0.05) is 7.11 Å². The Morgan fingerprint density at radius 1 is 0.971 bits per heavy atom. The van der Waals surface area contributed by atoms with Gasteiger partial charge in [0.05, 0.1) is 24.5 Å². The lowest BCUT2D eigenvalue weighted by Gasteiger charge is -2.13. The van der Waals surface area contributed by atoms with E-state index in [1.165, 1.54) is 0 Å². The second-order valence-electron chi connectivity index (χ2n) is 8.27. The fourth-order valence-corrected chi connectivity index (χ4v) is 4.12. The van der Waals surface area contributed by atoms with Crippen molar-refractivity contribution in [1.82, 2.24) is 4.72 Å². The van der Waals surface area contributed by atoms with Crippen LogP contribution in [0.15, 0.2) is 72.8 Å². The molecule has 0 aliphatic heterocycles. The lowest BCUT2D eigenvalue weighted by Crippen LogP contribution is -2.29. The van der Waals surface area contributed by atoms with Crippen LogP contribution in [0.1, 0.15) is 40.4 Å². The monoisotopic (exact) mass is 497 g/mol. The van der Waals surface area contributed by atoms with Crippen molar-refractivity contribution in [3.8, 4) is 16.9 Å². The molecule has 0 heterocycles. The van der Waals surface area contributed by atoms with E-state index in [-0.39, 0.29) is 17.9 Å². The summed E-state index contributed by atoms with van der Waals surface area (Å²) in [5.41, 5.74) is 3.99. The number of methoxy groups -OCH3 is 1. The maximum absolute atomic E-state index is 12.4.